The Balaban J connectivity index is 2.01. The van der Waals surface area contributed by atoms with Gasteiger partial charge in [-0.05, 0) is 32.4 Å². The van der Waals surface area contributed by atoms with Crippen molar-refractivity contribution in [1.82, 2.24) is 0 Å². The monoisotopic (exact) mass is 562 g/mol. The van der Waals surface area contributed by atoms with Gasteiger partial charge in [0.05, 0.1) is 38.4 Å². The van der Waals surface area contributed by atoms with Gasteiger partial charge >= 0.3 is 0 Å². The van der Waals surface area contributed by atoms with Crippen molar-refractivity contribution in [2.24, 2.45) is 0 Å². The highest BCUT2D eigenvalue weighted by molar-refractivity contribution is 6.15. The lowest BCUT2D eigenvalue weighted by Crippen LogP contribution is -2.09. The van der Waals surface area contributed by atoms with E-state index < -0.39 is 17.3 Å². The van der Waals surface area contributed by atoms with E-state index in [0.717, 1.165) is 0 Å². The number of allylic oxidation sites excluding steroid dienone is 1. The number of carbonyl (C=O) groups excluding carboxylic acids is 2. The Morgan fingerprint density at radius 3 is 2.20 bits per heavy atom. The summed E-state index contributed by atoms with van der Waals surface area (Å²) >= 11 is 0. The molecule has 0 aromatic heterocycles. The lowest BCUT2D eigenvalue weighted by Gasteiger charge is -2.22. The minimum Gasteiger partial charge on any atom is -0.507 e. The molecule has 0 spiro atoms. The molecular formula is C31H30O10. The van der Waals surface area contributed by atoms with Gasteiger partial charge in [0.2, 0.25) is 0 Å². The van der Waals surface area contributed by atoms with Crippen LogP contribution in [0, 0.1) is 0 Å². The Morgan fingerprint density at radius 1 is 0.902 bits per heavy atom. The van der Waals surface area contributed by atoms with Gasteiger partial charge in [0, 0.05) is 52.6 Å². The summed E-state index contributed by atoms with van der Waals surface area (Å²) in [4.78, 5) is 25.5. The van der Waals surface area contributed by atoms with E-state index in [1.807, 2.05) is 6.92 Å². The SMILES string of the molecule is COC1=Cc2c(c(O)cc(OC)c2-c2c(OC)cc(O)c3c(O)c4c(cc23)OC(C)CCC4=O)C(O)=C(C(C)=O)C1. The fourth-order valence-corrected chi connectivity index (χ4v) is 5.54. The minimum atomic E-state index is -0.448. The molecule has 0 fully saturated rings. The first kappa shape index (κ1) is 27.7. The summed E-state index contributed by atoms with van der Waals surface area (Å²) in [7, 11) is 4.20. The van der Waals surface area contributed by atoms with E-state index in [0.29, 0.717) is 23.3 Å². The lowest BCUT2D eigenvalue weighted by molar-refractivity contribution is -0.113. The molecule has 1 aliphatic carbocycles. The van der Waals surface area contributed by atoms with E-state index >= 15 is 0 Å². The van der Waals surface area contributed by atoms with Gasteiger partial charge in [-0.25, -0.2) is 0 Å². The van der Waals surface area contributed by atoms with E-state index in [2.05, 4.69) is 0 Å². The minimum absolute atomic E-state index is 0.0244. The third kappa shape index (κ3) is 4.35. The summed E-state index contributed by atoms with van der Waals surface area (Å²) in [5.74, 6) is -1.56. The van der Waals surface area contributed by atoms with Crippen LogP contribution in [0.15, 0.2) is 29.5 Å². The number of ketones is 2. The molecule has 0 saturated heterocycles. The molecule has 1 unspecified atom stereocenters. The summed E-state index contributed by atoms with van der Waals surface area (Å²) in [5.41, 5.74) is 0.788. The molecule has 10 nitrogen and oxygen atoms in total. The molecule has 10 heteroatoms. The Labute approximate surface area is 235 Å². The van der Waals surface area contributed by atoms with Gasteiger partial charge in [-0.15, -0.1) is 0 Å². The molecule has 1 heterocycles. The molecule has 0 radical (unpaired) electrons. The van der Waals surface area contributed by atoms with Gasteiger partial charge in [0.25, 0.3) is 0 Å². The number of hydrogen-bond acceptors (Lipinski definition) is 10. The van der Waals surface area contributed by atoms with Crippen LogP contribution in [0.4, 0.5) is 0 Å². The molecule has 0 saturated carbocycles. The summed E-state index contributed by atoms with van der Waals surface area (Å²) in [6.07, 6.45) is 1.81. The highest BCUT2D eigenvalue weighted by atomic mass is 16.5. The van der Waals surface area contributed by atoms with Crippen LogP contribution in [-0.4, -0.2) is 59.4 Å². The Morgan fingerprint density at radius 2 is 1.56 bits per heavy atom. The lowest BCUT2D eigenvalue weighted by atomic mass is 9.87. The van der Waals surface area contributed by atoms with Crippen molar-refractivity contribution in [1.29, 1.82) is 0 Å². The number of phenols is 3. The third-order valence-electron chi connectivity index (χ3n) is 7.55. The molecule has 41 heavy (non-hydrogen) atoms. The zero-order valence-electron chi connectivity index (χ0n) is 23.2. The molecular weight excluding hydrogens is 532 g/mol. The van der Waals surface area contributed by atoms with Gasteiger partial charge < -0.3 is 39.4 Å². The fraction of sp³-hybridized carbons (Fsp3) is 0.290. The Kier molecular flexibility index (Phi) is 6.94. The molecule has 0 amide bonds. The maximum absolute atomic E-state index is 13.0. The maximum atomic E-state index is 13.0. The maximum Gasteiger partial charge on any atom is 0.170 e. The zero-order valence-corrected chi connectivity index (χ0v) is 23.2. The van der Waals surface area contributed by atoms with Crippen LogP contribution in [-0.2, 0) is 9.53 Å². The van der Waals surface area contributed by atoms with Gasteiger partial charge in [0.1, 0.15) is 51.6 Å². The van der Waals surface area contributed by atoms with E-state index in [9.17, 15) is 30.0 Å². The number of methoxy groups -OCH3 is 3. The second kappa shape index (κ2) is 10.3. The number of fused-ring (bicyclic) bond motifs is 3. The summed E-state index contributed by atoms with van der Waals surface area (Å²) < 4.78 is 22.9. The quantitative estimate of drug-likeness (QED) is 0.308. The molecule has 2 aliphatic rings. The molecule has 1 atom stereocenters. The standard InChI is InChI=1S/C31H30O10/c1-13-6-7-19(33)29-24(41-13)10-18-26(31(29)37)21(35)12-23(40-5)28(18)27-17-9-15(38-3)8-16(14(2)32)30(36)25(17)20(34)11-22(27)39-4/h9-13,34-37H,6-8H2,1-5H3. The van der Waals surface area contributed by atoms with Crippen molar-refractivity contribution in [3.63, 3.8) is 0 Å². The smallest absolute Gasteiger partial charge is 0.170 e. The molecule has 3 aromatic rings. The van der Waals surface area contributed by atoms with Crippen LogP contribution in [0.25, 0.3) is 33.7 Å². The average Bonchev–Trinajstić information content (AvgIpc) is 3.17. The van der Waals surface area contributed by atoms with E-state index in [4.69, 9.17) is 18.9 Å². The summed E-state index contributed by atoms with van der Waals surface area (Å²) in [6.45, 7) is 3.12. The van der Waals surface area contributed by atoms with Crippen LogP contribution in [0.1, 0.15) is 54.6 Å². The predicted molar refractivity (Wildman–Crippen MR) is 151 cm³/mol. The van der Waals surface area contributed by atoms with Crippen molar-refractivity contribution < 1.29 is 49.0 Å². The van der Waals surface area contributed by atoms with Gasteiger partial charge in [0.15, 0.2) is 11.6 Å². The number of phenolic OH excluding ortho intramolecular Hbond substituents is 3. The second-order valence-corrected chi connectivity index (χ2v) is 10.0. The van der Waals surface area contributed by atoms with Gasteiger partial charge in [-0.2, -0.15) is 0 Å². The first-order valence-corrected chi connectivity index (χ1v) is 12.9. The van der Waals surface area contributed by atoms with Crippen LogP contribution in [0.2, 0.25) is 0 Å². The fourth-order valence-electron chi connectivity index (χ4n) is 5.54. The van der Waals surface area contributed by atoms with E-state index in [-0.39, 0.29) is 86.5 Å². The number of benzene rings is 3. The van der Waals surface area contributed by atoms with Crippen LogP contribution in [0.5, 0.6) is 34.5 Å². The van der Waals surface area contributed by atoms with Crippen molar-refractivity contribution in [2.75, 3.05) is 21.3 Å². The van der Waals surface area contributed by atoms with Crippen LogP contribution < -0.4 is 14.2 Å². The first-order valence-electron chi connectivity index (χ1n) is 12.9. The van der Waals surface area contributed by atoms with E-state index in [1.54, 1.807) is 12.1 Å². The topological polar surface area (TPSA) is 152 Å². The first-order chi connectivity index (χ1) is 19.5. The average molecular weight is 563 g/mol. The molecule has 1 aliphatic heterocycles. The normalized spacial score (nSPS) is 16.7. The van der Waals surface area contributed by atoms with Crippen LogP contribution >= 0.6 is 0 Å². The van der Waals surface area contributed by atoms with Crippen molar-refractivity contribution in [3.05, 3.63) is 46.2 Å². The second-order valence-electron chi connectivity index (χ2n) is 10.0. The Hall–Kier alpha value is -4.86. The van der Waals surface area contributed by atoms with Crippen molar-refractivity contribution in [3.8, 4) is 45.6 Å². The van der Waals surface area contributed by atoms with Crippen LogP contribution in [0.3, 0.4) is 0 Å². The number of rotatable bonds is 5. The molecule has 0 bridgehead atoms. The van der Waals surface area contributed by atoms with Crippen molar-refractivity contribution in [2.45, 2.75) is 39.2 Å². The number of aliphatic hydroxyl groups excluding tert-OH is 1. The number of aliphatic hydroxyl groups is 1. The number of carbonyl (C=O) groups is 2. The van der Waals surface area contributed by atoms with Gasteiger partial charge in [-0.1, -0.05) is 0 Å². The number of hydrogen-bond donors (Lipinski definition) is 4. The largest absolute Gasteiger partial charge is 0.507 e. The highest BCUT2D eigenvalue weighted by Gasteiger charge is 2.33. The summed E-state index contributed by atoms with van der Waals surface area (Å²) in [6, 6.07) is 4.13. The van der Waals surface area contributed by atoms with E-state index in [1.165, 1.54) is 40.4 Å². The van der Waals surface area contributed by atoms with Crippen molar-refractivity contribution >= 4 is 34.2 Å². The molecule has 4 N–H and O–H groups in total. The van der Waals surface area contributed by atoms with Gasteiger partial charge in [-0.3, -0.25) is 9.59 Å². The molecule has 214 valence electrons. The third-order valence-corrected chi connectivity index (χ3v) is 7.55. The molecule has 3 aromatic carbocycles. The number of Topliss-reactive ketones (excluding diaryl/α,β-unsaturated/α-hetero) is 2. The Bertz CT molecular complexity index is 1700. The summed E-state index contributed by atoms with van der Waals surface area (Å²) in [5, 5.41) is 45.0. The highest BCUT2D eigenvalue weighted by Crippen LogP contribution is 2.54. The molecule has 5 rings (SSSR count). The predicted octanol–water partition coefficient (Wildman–Crippen LogP) is 5.63. The zero-order chi connectivity index (χ0) is 29.7. The number of aromatic hydroxyl groups is 3. The number of ether oxygens (including phenoxy) is 4.